The van der Waals surface area contributed by atoms with E-state index in [-0.39, 0.29) is 12.1 Å². The van der Waals surface area contributed by atoms with Gasteiger partial charge in [-0.3, -0.25) is 0 Å². The third-order valence-electron chi connectivity index (χ3n) is 3.80. The van der Waals surface area contributed by atoms with E-state index in [4.69, 9.17) is 10.5 Å². The molecule has 0 saturated carbocycles. The fourth-order valence-corrected chi connectivity index (χ4v) is 3.04. The molecular formula is C17H18BrNO. The van der Waals surface area contributed by atoms with Gasteiger partial charge in [0.2, 0.25) is 0 Å². The van der Waals surface area contributed by atoms with Gasteiger partial charge in [-0.25, -0.2) is 0 Å². The summed E-state index contributed by atoms with van der Waals surface area (Å²) in [5.74, 6) is 0. The van der Waals surface area contributed by atoms with Gasteiger partial charge in [0.05, 0.1) is 12.7 Å². The van der Waals surface area contributed by atoms with Crippen molar-refractivity contribution >= 4 is 15.9 Å². The van der Waals surface area contributed by atoms with Gasteiger partial charge in [-0.05, 0) is 41.7 Å². The predicted octanol–water partition coefficient (Wildman–Crippen LogP) is 3.63. The molecule has 20 heavy (non-hydrogen) atoms. The zero-order chi connectivity index (χ0) is 13.9. The van der Waals surface area contributed by atoms with Crippen LogP contribution in [0, 0.1) is 0 Å². The van der Waals surface area contributed by atoms with Crippen molar-refractivity contribution in [1.82, 2.24) is 0 Å². The van der Waals surface area contributed by atoms with Crippen molar-refractivity contribution in [3.05, 3.63) is 69.7 Å². The summed E-state index contributed by atoms with van der Waals surface area (Å²) in [6, 6.07) is 16.8. The Labute approximate surface area is 128 Å². The standard InChI is InChI=1S/C17H18BrNO/c18-14-7-5-12(6-8-14)11-16(19)17-15-4-2-1-3-13(15)9-10-20-17/h1-8,16-17H,9-11,19H2. The summed E-state index contributed by atoms with van der Waals surface area (Å²) in [6.45, 7) is 0.760. The second kappa shape index (κ2) is 6.08. The first kappa shape index (κ1) is 13.8. The van der Waals surface area contributed by atoms with Gasteiger partial charge in [0.25, 0.3) is 0 Å². The van der Waals surface area contributed by atoms with E-state index in [2.05, 4.69) is 64.5 Å². The number of hydrogen-bond acceptors (Lipinski definition) is 2. The Morgan fingerprint density at radius 3 is 2.70 bits per heavy atom. The molecule has 1 heterocycles. The van der Waals surface area contributed by atoms with Crippen LogP contribution in [-0.4, -0.2) is 12.6 Å². The zero-order valence-corrected chi connectivity index (χ0v) is 12.8. The molecule has 2 atom stereocenters. The van der Waals surface area contributed by atoms with Gasteiger partial charge in [0.15, 0.2) is 0 Å². The second-order valence-electron chi connectivity index (χ2n) is 5.23. The third-order valence-corrected chi connectivity index (χ3v) is 4.33. The number of nitrogens with two attached hydrogens (primary N) is 1. The Morgan fingerprint density at radius 1 is 1.15 bits per heavy atom. The van der Waals surface area contributed by atoms with Crippen LogP contribution in [0.25, 0.3) is 0 Å². The van der Waals surface area contributed by atoms with Crippen molar-refractivity contribution in [1.29, 1.82) is 0 Å². The molecule has 104 valence electrons. The molecule has 0 saturated heterocycles. The maximum atomic E-state index is 6.40. The average molecular weight is 332 g/mol. The van der Waals surface area contributed by atoms with Crippen molar-refractivity contribution < 1.29 is 4.74 Å². The van der Waals surface area contributed by atoms with Crippen molar-refractivity contribution in [3.63, 3.8) is 0 Å². The molecule has 0 fully saturated rings. The molecule has 3 heteroatoms. The van der Waals surface area contributed by atoms with Crippen LogP contribution in [0.2, 0.25) is 0 Å². The zero-order valence-electron chi connectivity index (χ0n) is 11.3. The van der Waals surface area contributed by atoms with Crippen LogP contribution < -0.4 is 5.73 Å². The second-order valence-corrected chi connectivity index (χ2v) is 6.15. The van der Waals surface area contributed by atoms with E-state index in [0.29, 0.717) is 0 Å². The minimum Gasteiger partial charge on any atom is -0.372 e. The van der Waals surface area contributed by atoms with E-state index < -0.39 is 0 Å². The molecule has 2 unspecified atom stereocenters. The first-order chi connectivity index (χ1) is 9.74. The Kier molecular flexibility index (Phi) is 4.20. The molecule has 0 radical (unpaired) electrons. The first-order valence-corrected chi connectivity index (χ1v) is 7.73. The number of fused-ring (bicyclic) bond motifs is 1. The van der Waals surface area contributed by atoms with E-state index in [1.807, 2.05) is 0 Å². The Hall–Kier alpha value is -1.16. The summed E-state index contributed by atoms with van der Waals surface area (Å²) in [4.78, 5) is 0. The fourth-order valence-electron chi connectivity index (χ4n) is 2.78. The molecule has 1 aliphatic rings. The summed E-state index contributed by atoms with van der Waals surface area (Å²) >= 11 is 3.45. The Balaban J connectivity index is 1.78. The highest BCUT2D eigenvalue weighted by atomic mass is 79.9. The molecule has 2 N–H and O–H groups in total. The molecule has 2 aromatic carbocycles. The summed E-state index contributed by atoms with van der Waals surface area (Å²) in [7, 11) is 0. The lowest BCUT2D eigenvalue weighted by atomic mass is 9.91. The number of benzene rings is 2. The molecule has 0 amide bonds. The maximum Gasteiger partial charge on any atom is 0.0981 e. The monoisotopic (exact) mass is 331 g/mol. The summed E-state index contributed by atoms with van der Waals surface area (Å²) in [6.07, 6.45) is 1.81. The summed E-state index contributed by atoms with van der Waals surface area (Å²) < 4.78 is 7.02. The summed E-state index contributed by atoms with van der Waals surface area (Å²) in [5, 5.41) is 0. The predicted molar refractivity (Wildman–Crippen MR) is 84.7 cm³/mol. The fraction of sp³-hybridized carbons (Fsp3) is 0.294. The van der Waals surface area contributed by atoms with Crippen molar-refractivity contribution in [2.75, 3.05) is 6.61 Å². The lowest BCUT2D eigenvalue weighted by Crippen LogP contribution is -2.35. The molecule has 3 rings (SSSR count). The Morgan fingerprint density at radius 2 is 1.90 bits per heavy atom. The van der Waals surface area contributed by atoms with E-state index in [1.165, 1.54) is 16.7 Å². The Bertz CT molecular complexity index is 582. The highest BCUT2D eigenvalue weighted by Gasteiger charge is 2.26. The lowest BCUT2D eigenvalue weighted by molar-refractivity contribution is 0.0246. The quantitative estimate of drug-likeness (QED) is 0.931. The number of rotatable bonds is 3. The van der Waals surface area contributed by atoms with Crippen molar-refractivity contribution in [3.8, 4) is 0 Å². The van der Waals surface area contributed by atoms with E-state index >= 15 is 0 Å². The van der Waals surface area contributed by atoms with E-state index in [0.717, 1.165) is 23.9 Å². The van der Waals surface area contributed by atoms with Crippen LogP contribution >= 0.6 is 15.9 Å². The van der Waals surface area contributed by atoms with Crippen LogP contribution in [0.4, 0.5) is 0 Å². The van der Waals surface area contributed by atoms with Crippen molar-refractivity contribution in [2.24, 2.45) is 5.73 Å². The van der Waals surface area contributed by atoms with Gasteiger partial charge in [-0.1, -0.05) is 52.3 Å². The van der Waals surface area contributed by atoms with Gasteiger partial charge in [0, 0.05) is 10.5 Å². The smallest absolute Gasteiger partial charge is 0.0981 e. The average Bonchev–Trinajstić information content (AvgIpc) is 2.49. The van der Waals surface area contributed by atoms with Crippen LogP contribution in [0.1, 0.15) is 22.8 Å². The van der Waals surface area contributed by atoms with Crippen LogP contribution in [0.5, 0.6) is 0 Å². The highest BCUT2D eigenvalue weighted by molar-refractivity contribution is 9.10. The number of hydrogen-bond donors (Lipinski definition) is 1. The van der Waals surface area contributed by atoms with Crippen LogP contribution in [-0.2, 0) is 17.6 Å². The highest BCUT2D eigenvalue weighted by Crippen LogP contribution is 2.30. The molecular weight excluding hydrogens is 314 g/mol. The van der Waals surface area contributed by atoms with Gasteiger partial charge in [0.1, 0.15) is 0 Å². The number of ether oxygens (including phenoxy) is 1. The lowest BCUT2D eigenvalue weighted by Gasteiger charge is -2.30. The van der Waals surface area contributed by atoms with Crippen LogP contribution in [0.3, 0.4) is 0 Å². The van der Waals surface area contributed by atoms with Gasteiger partial charge in [-0.2, -0.15) is 0 Å². The third kappa shape index (κ3) is 2.95. The SMILES string of the molecule is NC(Cc1ccc(Br)cc1)C1OCCc2ccccc21. The normalized spacial score (nSPS) is 19.4. The molecule has 0 spiro atoms. The van der Waals surface area contributed by atoms with Gasteiger partial charge >= 0.3 is 0 Å². The van der Waals surface area contributed by atoms with Gasteiger partial charge < -0.3 is 10.5 Å². The number of halogens is 1. The van der Waals surface area contributed by atoms with E-state index in [1.54, 1.807) is 0 Å². The van der Waals surface area contributed by atoms with Crippen LogP contribution in [0.15, 0.2) is 53.0 Å². The molecule has 1 aliphatic heterocycles. The molecule has 0 bridgehead atoms. The molecule has 0 aromatic heterocycles. The first-order valence-electron chi connectivity index (χ1n) is 6.93. The maximum absolute atomic E-state index is 6.40. The minimum atomic E-state index is -0.0161. The molecule has 2 nitrogen and oxygen atoms in total. The largest absolute Gasteiger partial charge is 0.372 e. The minimum absolute atomic E-state index is 0.00333. The van der Waals surface area contributed by atoms with E-state index in [9.17, 15) is 0 Å². The van der Waals surface area contributed by atoms with Crippen molar-refractivity contribution in [2.45, 2.75) is 25.0 Å². The summed E-state index contributed by atoms with van der Waals surface area (Å²) in [5.41, 5.74) is 10.3. The molecule has 0 aliphatic carbocycles. The topological polar surface area (TPSA) is 35.2 Å². The molecule has 2 aromatic rings. The van der Waals surface area contributed by atoms with Gasteiger partial charge in [-0.15, -0.1) is 0 Å².